The standard InChI is InChI=1S/C22H19NO4/c1-14-8-10-17-20(12-14)25-21-13-15(23(2)3)9-11-18(21)22(17)16-6-4-5-7-19(16)26-27-24/h4-13,24H,1H2,2-3H3/p-1. The smallest absolute Gasteiger partial charge is 0.172 e. The Kier molecular flexibility index (Phi) is 4.32. The molecule has 5 heteroatoms. The van der Waals surface area contributed by atoms with Crippen LogP contribution in [0.15, 0.2) is 60.7 Å². The number of rotatable bonds is 4. The normalized spacial score (nSPS) is 12.0. The zero-order valence-corrected chi connectivity index (χ0v) is 15.1. The van der Waals surface area contributed by atoms with E-state index in [-0.39, 0.29) is 0 Å². The van der Waals surface area contributed by atoms with Gasteiger partial charge in [0.25, 0.3) is 0 Å². The fourth-order valence-corrected chi connectivity index (χ4v) is 3.27. The van der Waals surface area contributed by atoms with Gasteiger partial charge in [-0.2, -0.15) is 0 Å². The van der Waals surface area contributed by atoms with E-state index in [0.717, 1.165) is 38.6 Å². The van der Waals surface area contributed by atoms with Crippen molar-refractivity contribution in [2.24, 2.45) is 0 Å². The Morgan fingerprint density at radius 1 is 0.926 bits per heavy atom. The number of nitrogens with zero attached hydrogens (tertiary/aromatic N) is 1. The first-order valence-corrected chi connectivity index (χ1v) is 8.47. The maximum Gasteiger partial charge on any atom is 0.172 e. The number of anilines is 1. The quantitative estimate of drug-likeness (QED) is 0.412. The molecule has 0 spiro atoms. The van der Waals surface area contributed by atoms with Crippen LogP contribution in [-0.4, -0.2) is 14.1 Å². The molecule has 1 aliphatic heterocycles. The number of benzene rings is 3. The highest BCUT2D eigenvalue weighted by Crippen LogP contribution is 2.40. The molecule has 0 bridgehead atoms. The molecular weight excluding hydrogens is 342 g/mol. The van der Waals surface area contributed by atoms with Crippen LogP contribution >= 0.6 is 0 Å². The molecule has 3 aromatic carbocycles. The van der Waals surface area contributed by atoms with Crippen LogP contribution in [0.25, 0.3) is 12.2 Å². The van der Waals surface area contributed by atoms with Crippen molar-refractivity contribution < 1.29 is 19.9 Å². The van der Waals surface area contributed by atoms with Gasteiger partial charge in [0.05, 0.1) is 0 Å². The van der Waals surface area contributed by atoms with E-state index in [4.69, 9.17) is 9.62 Å². The predicted octanol–water partition coefficient (Wildman–Crippen LogP) is 2.10. The van der Waals surface area contributed by atoms with Gasteiger partial charge in [0.15, 0.2) is 5.75 Å². The van der Waals surface area contributed by atoms with Gasteiger partial charge in [0, 0.05) is 47.8 Å². The molecule has 27 heavy (non-hydrogen) atoms. The third kappa shape index (κ3) is 3.03. The zero-order valence-electron chi connectivity index (χ0n) is 15.1. The van der Waals surface area contributed by atoms with Crippen LogP contribution in [0.3, 0.4) is 0 Å². The molecule has 0 saturated carbocycles. The highest BCUT2D eigenvalue weighted by atomic mass is 17.5. The van der Waals surface area contributed by atoms with Crippen molar-refractivity contribution in [3.63, 3.8) is 0 Å². The molecule has 0 atom stereocenters. The van der Waals surface area contributed by atoms with Crippen molar-refractivity contribution in [3.05, 3.63) is 82.2 Å². The van der Waals surface area contributed by atoms with Gasteiger partial charge < -0.3 is 19.8 Å². The van der Waals surface area contributed by atoms with Gasteiger partial charge in [-0.15, -0.1) is 0 Å². The molecule has 0 amide bonds. The van der Waals surface area contributed by atoms with Crippen LogP contribution in [0.1, 0.15) is 11.1 Å². The summed E-state index contributed by atoms with van der Waals surface area (Å²) in [6.45, 7) is 3.99. The molecule has 1 aliphatic rings. The molecule has 1 heterocycles. The first-order valence-electron chi connectivity index (χ1n) is 8.47. The number of fused-ring (bicyclic) bond motifs is 2. The summed E-state index contributed by atoms with van der Waals surface area (Å²) in [5.41, 5.74) is 3.58. The highest BCUT2D eigenvalue weighted by Gasteiger charge is 2.23. The maximum absolute atomic E-state index is 10.6. The second kappa shape index (κ2) is 6.79. The zero-order chi connectivity index (χ0) is 19.0. The SMILES string of the molecule is C=c1ccc2c(c1)Oc1cc(N(C)C)ccc1C=2c1ccccc1OO[O-]. The van der Waals surface area contributed by atoms with Gasteiger partial charge in [-0.05, 0) is 29.5 Å². The Hall–Kier alpha value is -3.28. The summed E-state index contributed by atoms with van der Waals surface area (Å²) in [6.07, 6.45) is 0. The van der Waals surface area contributed by atoms with Crippen molar-refractivity contribution in [2.75, 3.05) is 19.0 Å². The van der Waals surface area contributed by atoms with E-state index >= 15 is 0 Å². The van der Waals surface area contributed by atoms with Crippen LogP contribution in [0.2, 0.25) is 0 Å². The molecule has 0 aliphatic carbocycles. The van der Waals surface area contributed by atoms with Crippen molar-refractivity contribution in [2.45, 2.75) is 0 Å². The fraction of sp³-hybridized carbons (Fsp3) is 0.0909. The molecule has 4 rings (SSSR count). The van der Waals surface area contributed by atoms with Crippen LogP contribution in [0.4, 0.5) is 5.69 Å². The van der Waals surface area contributed by atoms with E-state index in [2.05, 4.69) is 11.6 Å². The summed E-state index contributed by atoms with van der Waals surface area (Å²) in [5.74, 6) is 1.78. The molecule has 0 fully saturated rings. The van der Waals surface area contributed by atoms with E-state index < -0.39 is 0 Å². The minimum Gasteiger partial charge on any atom is -0.682 e. The summed E-state index contributed by atoms with van der Waals surface area (Å²) < 4.78 is 6.18. The highest BCUT2D eigenvalue weighted by molar-refractivity contribution is 5.88. The fourth-order valence-electron chi connectivity index (χ4n) is 3.27. The van der Waals surface area contributed by atoms with Crippen LogP contribution in [-0.2, 0) is 5.04 Å². The van der Waals surface area contributed by atoms with Crippen molar-refractivity contribution in [1.29, 1.82) is 0 Å². The van der Waals surface area contributed by atoms with Crippen LogP contribution < -0.4 is 30.2 Å². The van der Waals surface area contributed by atoms with E-state index in [1.807, 2.05) is 67.5 Å². The first kappa shape index (κ1) is 17.1. The Morgan fingerprint density at radius 3 is 2.52 bits per heavy atom. The van der Waals surface area contributed by atoms with E-state index in [0.29, 0.717) is 11.5 Å². The van der Waals surface area contributed by atoms with Gasteiger partial charge in [-0.1, -0.05) is 36.9 Å². The average molecular weight is 360 g/mol. The topological polar surface area (TPSA) is 54.0 Å². The van der Waals surface area contributed by atoms with Gasteiger partial charge in [0.2, 0.25) is 0 Å². The minimum absolute atomic E-state index is 0.344. The molecule has 0 N–H and O–H groups in total. The molecule has 0 unspecified atom stereocenters. The van der Waals surface area contributed by atoms with Gasteiger partial charge in [-0.25, -0.2) is 5.04 Å². The van der Waals surface area contributed by atoms with E-state index in [1.165, 1.54) is 0 Å². The van der Waals surface area contributed by atoms with Crippen molar-refractivity contribution in [1.82, 2.24) is 0 Å². The Labute approximate surface area is 156 Å². The summed E-state index contributed by atoms with van der Waals surface area (Å²) in [7, 11) is 3.96. The van der Waals surface area contributed by atoms with Crippen LogP contribution in [0.5, 0.6) is 17.2 Å². The maximum atomic E-state index is 10.6. The third-order valence-electron chi connectivity index (χ3n) is 4.57. The first-order chi connectivity index (χ1) is 13.1. The van der Waals surface area contributed by atoms with Crippen LogP contribution in [0, 0.1) is 0 Å². The number of ether oxygens (including phenoxy) is 1. The lowest BCUT2D eigenvalue weighted by atomic mass is 9.92. The number of hydrogen-bond donors (Lipinski definition) is 0. The Balaban J connectivity index is 2.06. The molecule has 0 aromatic heterocycles. The Bertz CT molecular complexity index is 1120. The molecule has 0 radical (unpaired) electrons. The summed E-state index contributed by atoms with van der Waals surface area (Å²) in [4.78, 5) is 6.88. The largest absolute Gasteiger partial charge is 0.682 e. The lowest BCUT2D eigenvalue weighted by Crippen LogP contribution is -2.20. The Morgan fingerprint density at radius 2 is 1.74 bits per heavy atom. The van der Waals surface area contributed by atoms with E-state index in [1.54, 1.807) is 12.1 Å². The molecule has 136 valence electrons. The summed E-state index contributed by atoms with van der Waals surface area (Å²) in [5, 5.41) is 16.1. The molecule has 5 nitrogen and oxygen atoms in total. The average Bonchev–Trinajstić information content (AvgIpc) is 2.66. The lowest BCUT2D eigenvalue weighted by Gasteiger charge is -2.24. The van der Waals surface area contributed by atoms with Gasteiger partial charge in [0.1, 0.15) is 11.5 Å². The van der Waals surface area contributed by atoms with Crippen molar-refractivity contribution in [3.8, 4) is 17.2 Å². The second-order valence-corrected chi connectivity index (χ2v) is 6.53. The molecular formula is C22H18NO4-. The summed E-state index contributed by atoms with van der Waals surface area (Å²) >= 11 is 0. The molecule has 3 aromatic rings. The minimum atomic E-state index is 0.344. The molecule has 0 saturated heterocycles. The number of hydrogen-bond acceptors (Lipinski definition) is 5. The monoisotopic (exact) mass is 360 g/mol. The van der Waals surface area contributed by atoms with Crippen molar-refractivity contribution >= 4 is 17.8 Å². The summed E-state index contributed by atoms with van der Waals surface area (Å²) in [6, 6.07) is 19.1. The predicted molar refractivity (Wildman–Crippen MR) is 102 cm³/mol. The third-order valence-corrected chi connectivity index (χ3v) is 4.57. The number of para-hydroxylation sites is 1. The lowest BCUT2D eigenvalue weighted by molar-refractivity contribution is -0.778. The van der Waals surface area contributed by atoms with Gasteiger partial charge >= 0.3 is 0 Å². The second-order valence-electron chi connectivity index (χ2n) is 6.53. The van der Waals surface area contributed by atoms with E-state index in [9.17, 15) is 5.26 Å². The van der Waals surface area contributed by atoms with Gasteiger partial charge in [-0.3, -0.25) is 0 Å².